The first-order valence-corrected chi connectivity index (χ1v) is 7.23. The minimum absolute atomic E-state index is 0.0407. The van der Waals surface area contributed by atoms with Crippen LogP contribution < -0.4 is 9.47 Å². The number of ether oxygens (including phenoxy) is 3. The van der Waals surface area contributed by atoms with Gasteiger partial charge in [0.25, 0.3) is 0 Å². The van der Waals surface area contributed by atoms with E-state index in [1.165, 1.54) is 0 Å². The molecule has 1 atom stereocenters. The molecule has 4 nitrogen and oxygen atoms in total. The molecule has 0 aliphatic rings. The van der Waals surface area contributed by atoms with E-state index in [1.54, 1.807) is 14.2 Å². The van der Waals surface area contributed by atoms with Gasteiger partial charge >= 0.3 is 0 Å². The molecule has 0 heterocycles. The van der Waals surface area contributed by atoms with Crippen LogP contribution in [0.4, 0.5) is 0 Å². The Morgan fingerprint density at radius 3 is 2.32 bits per heavy atom. The van der Waals surface area contributed by atoms with E-state index in [2.05, 4.69) is 0 Å². The lowest BCUT2D eigenvalue weighted by Crippen LogP contribution is -2.11. The molecule has 2 rings (SSSR count). The predicted octanol–water partition coefficient (Wildman–Crippen LogP) is 3.00. The fraction of sp³-hybridized carbons (Fsp3) is 0.333. The van der Waals surface area contributed by atoms with Gasteiger partial charge in [0.05, 0.1) is 13.7 Å². The van der Waals surface area contributed by atoms with Crippen LogP contribution in [0.3, 0.4) is 0 Å². The lowest BCUT2D eigenvalue weighted by atomic mass is 9.91. The molecule has 118 valence electrons. The van der Waals surface area contributed by atoms with Gasteiger partial charge in [-0.25, -0.2) is 0 Å². The molecule has 0 spiro atoms. The van der Waals surface area contributed by atoms with Crippen molar-refractivity contribution in [3.8, 4) is 11.5 Å². The van der Waals surface area contributed by atoms with E-state index in [0.29, 0.717) is 6.42 Å². The van der Waals surface area contributed by atoms with Gasteiger partial charge in [0, 0.05) is 13.0 Å². The van der Waals surface area contributed by atoms with Crippen LogP contribution in [-0.2, 0) is 11.2 Å². The van der Waals surface area contributed by atoms with E-state index in [4.69, 9.17) is 14.2 Å². The summed E-state index contributed by atoms with van der Waals surface area (Å²) in [6.45, 7) is 0.244. The number of para-hydroxylation sites is 2. The zero-order chi connectivity index (χ0) is 15.8. The maximum Gasteiger partial charge on any atom is 0.188 e. The summed E-state index contributed by atoms with van der Waals surface area (Å²) in [6.07, 6.45) is 0.663. The normalized spacial score (nSPS) is 12.0. The molecule has 0 fully saturated rings. The summed E-state index contributed by atoms with van der Waals surface area (Å²) in [4.78, 5) is 0. The van der Waals surface area contributed by atoms with Crippen molar-refractivity contribution in [3.05, 3.63) is 59.7 Å². The van der Waals surface area contributed by atoms with E-state index >= 15 is 0 Å². The molecule has 4 heteroatoms. The third kappa shape index (κ3) is 4.00. The average molecular weight is 302 g/mol. The summed E-state index contributed by atoms with van der Waals surface area (Å²) >= 11 is 0. The number of aliphatic hydroxyl groups excluding tert-OH is 1. The van der Waals surface area contributed by atoms with Crippen molar-refractivity contribution in [3.63, 3.8) is 0 Å². The first-order valence-electron chi connectivity index (χ1n) is 7.23. The molecule has 1 unspecified atom stereocenters. The molecule has 2 aromatic carbocycles. The SMILES string of the molecule is COCOc1ccccc1CC(CO)c1ccccc1OC. The quantitative estimate of drug-likeness (QED) is 0.762. The van der Waals surface area contributed by atoms with Crippen molar-refractivity contribution in [2.24, 2.45) is 0 Å². The first kappa shape index (κ1) is 16.3. The summed E-state index contributed by atoms with van der Waals surface area (Å²) < 4.78 is 15.9. The molecule has 0 radical (unpaired) electrons. The number of hydrogen-bond acceptors (Lipinski definition) is 4. The van der Waals surface area contributed by atoms with Crippen LogP contribution >= 0.6 is 0 Å². The highest BCUT2D eigenvalue weighted by Gasteiger charge is 2.17. The maximum atomic E-state index is 9.81. The van der Waals surface area contributed by atoms with Crippen molar-refractivity contribution in [1.82, 2.24) is 0 Å². The fourth-order valence-electron chi connectivity index (χ4n) is 2.48. The van der Waals surface area contributed by atoms with Crippen LogP contribution in [0.2, 0.25) is 0 Å². The Labute approximate surface area is 131 Å². The van der Waals surface area contributed by atoms with Crippen LogP contribution in [-0.4, -0.2) is 32.7 Å². The smallest absolute Gasteiger partial charge is 0.188 e. The molecule has 2 aromatic rings. The van der Waals surface area contributed by atoms with Gasteiger partial charge in [-0.1, -0.05) is 36.4 Å². The van der Waals surface area contributed by atoms with Gasteiger partial charge < -0.3 is 19.3 Å². The van der Waals surface area contributed by atoms with Crippen LogP contribution in [0.15, 0.2) is 48.5 Å². The number of aliphatic hydroxyl groups is 1. The van der Waals surface area contributed by atoms with Crippen molar-refractivity contribution in [2.75, 3.05) is 27.6 Å². The third-order valence-corrected chi connectivity index (χ3v) is 3.57. The Kier molecular flexibility index (Phi) is 6.25. The third-order valence-electron chi connectivity index (χ3n) is 3.57. The molecular formula is C18H22O4. The second-order valence-corrected chi connectivity index (χ2v) is 4.98. The molecule has 0 aliphatic carbocycles. The molecule has 0 aliphatic heterocycles. The minimum atomic E-state index is -0.0524. The Bertz CT molecular complexity index is 583. The van der Waals surface area contributed by atoms with Crippen molar-refractivity contribution >= 4 is 0 Å². The van der Waals surface area contributed by atoms with Crippen LogP contribution in [0.25, 0.3) is 0 Å². The highest BCUT2D eigenvalue weighted by atomic mass is 16.7. The van der Waals surface area contributed by atoms with Gasteiger partial charge in [0.1, 0.15) is 11.5 Å². The Hall–Kier alpha value is -2.04. The topological polar surface area (TPSA) is 47.9 Å². The van der Waals surface area contributed by atoms with E-state index in [0.717, 1.165) is 22.6 Å². The zero-order valence-corrected chi connectivity index (χ0v) is 13.0. The molecular weight excluding hydrogens is 280 g/mol. The van der Waals surface area contributed by atoms with Gasteiger partial charge in [-0.3, -0.25) is 0 Å². The molecule has 0 saturated carbocycles. The predicted molar refractivity (Wildman–Crippen MR) is 85.5 cm³/mol. The zero-order valence-electron chi connectivity index (χ0n) is 13.0. The van der Waals surface area contributed by atoms with Crippen LogP contribution in [0, 0.1) is 0 Å². The summed E-state index contributed by atoms with van der Waals surface area (Å²) in [5.41, 5.74) is 2.03. The average Bonchev–Trinajstić information content (AvgIpc) is 2.58. The second kappa shape index (κ2) is 8.41. The number of benzene rings is 2. The number of hydrogen-bond donors (Lipinski definition) is 1. The Balaban J connectivity index is 2.23. The lowest BCUT2D eigenvalue weighted by molar-refractivity contribution is 0.0503. The largest absolute Gasteiger partial charge is 0.496 e. The van der Waals surface area contributed by atoms with Crippen molar-refractivity contribution < 1.29 is 19.3 Å². The first-order chi connectivity index (χ1) is 10.8. The van der Waals surface area contributed by atoms with Gasteiger partial charge in [-0.2, -0.15) is 0 Å². The number of rotatable bonds is 8. The van der Waals surface area contributed by atoms with Gasteiger partial charge in [-0.15, -0.1) is 0 Å². The van der Waals surface area contributed by atoms with E-state index in [-0.39, 0.29) is 19.3 Å². The van der Waals surface area contributed by atoms with Crippen molar-refractivity contribution in [1.29, 1.82) is 0 Å². The summed E-state index contributed by atoms with van der Waals surface area (Å²) in [6, 6.07) is 15.6. The van der Waals surface area contributed by atoms with E-state index < -0.39 is 0 Å². The molecule has 0 bridgehead atoms. The van der Waals surface area contributed by atoms with Crippen LogP contribution in [0.5, 0.6) is 11.5 Å². The Morgan fingerprint density at radius 2 is 1.64 bits per heavy atom. The summed E-state index contributed by atoms with van der Waals surface area (Å²) in [7, 11) is 3.23. The highest BCUT2D eigenvalue weighted by Crippen LogP contribution is 2.31. The highest BCUT2D eigenvalue weighted by molar-refractivity contribution is 5.40. The molecule has 0 aromatic heterocycles. The van der Waals surface area contributed by atoms with Crippen LogP contribution in [0.1, 0.15) is 17.0 Å². The summed E-state index contributed by atoms with van der Waals surface area (Å²) in [5.74, 6) is 1.51. The monoisotopic (exact) mass is 302 g/mol. The van der Waals surface area contributed by atoms with Crippen molar-refractivity contribution in [2.45, 2.75) is 12.3 Å². The van der Waals surface area contributed by atoms with Gasteiger partial charge in [0.2, 0.25) is 0 Å². The van der Waals surface area contributed by atoms with Gasteiger partial charge in [-0.05, 0) is 29.7 Å². The molecule has 0 saturated heterocycles. The van der Waals surface area contributed by atoms with Gasteiger partial charge in [0.15, 0.2) is 6.79 Å². The molecule has 1 N–H and O–H groups in total. The molecule has 22 heavy (non-hydrogen) atoms. The molecule has 0 amide bonds. The van der Waals surface area contributed by atoms with E-state index in [1.807, 2.05) is 48.5 Å². The van der Waals surface area contributed by atoms with E-state index in [9.17, 15) is 5.11 Å². The maximum absolute atomic E-state index is 9.81. The summed E-state index contributed by atoms with van der Waals surface area (Å²) in [5, 5.41) is 9.81. The minimum Gasteiger partial charge on any atom is -0.496 e. The lowest BCUT2D eigenvalue weighted by Gasteiger charge is -2.19. The second-order valence-electron chi connectivity index (χ2n) is 4.98. The fourth-order valence-corrected chi connectivity index (χ4v) is 2.48. The Morgan fingerprint density at radius 1 is 0.955 bits per heavy atom. The standard InChI is InChI=1S/C18H22O4/c1-20-13-22-17-9-5-3-7-14(17)11-15(12-19)16-8-4-6-10-18(16)21-2/h3-10,15,19H,11-13H2,1-2H3. The number of methoxy groups -OCH3 is 2.